The Morgan fingerprint density at radius 1 is 1.08 bits per heavy atom. The van der Waals surface area contributed by atoms with Crippen molar-refractivity contribution < 1.29 is 46.5 Å². The van der Waals surface area contributed by atoms with E-state index in [2.05, 4.69) is 21.9 Å². The molecule has 2 aliphatic carbocycles. The van der Waals surface area contributed by atoms with E-state index in [4.69, 9.17) is 18.9 Å². The Balaban J connectivity index is 1.31. The average Bonchev–Trinajstić information content (AvgIpc) is 3.95. The molecule has 2 heterocycles. The lowest BCUT2D eigenvalue weighted by Gasteiger charge is -2.36. The second-order valence-corrected chi connectivity index (χ2v) is 18.9. The Labute approximate surface area is 314 Å². The second-order valence-electron chi connectivity index (χ2n) is 16.1. The first-order chi connectivity index (χ1) is 24.8. The topological polar surface area (TPSA) is 179 Å². The number of hydrogen-bond acceptors (Lipinski definition) is 11. The number of nitrogens with one attached hydrogen (secondary N) is 3. The lowest BCUT2D eigenvalue weighted by atomic mass is 9.85. The Kier molecular flexibility index (Phi) is 10.1. The fourth-order valence-electron chi connectivity index (χ4n) is 6.82. The molecule has 3 fully saturated rings. The van der Waals surface area contributed by atoms with Crippen LogP contribution in [0.25, 0.3) is 10.8 Å². The molecular formula is C37H48N4O10S2. The van der Waals surface area contributed by atoms with Gasteiger partial charge in [-0.25, -0.2) is 13.2 Å². The lowest BCUT2D eigenvalue weighted by Crippen LogP contribution is -2.60. The molecule has 3 N–H and O–H groups in total. The van der Waals surface area contributed by atoms with E-state index in [0.29, 0.717) is 30.1 Å². The summed E-state index contributed by atoms with van der Waals surface area (Å²) in [5.41, 5.74) is -3.20. The Morgan fingerprint density at radius 2 is 1.77 bits per heavy atom. The van der Waals surface area contributed by atoms with Gasteiger partial charge in [-0.15, -0.1) is 18.3 Å². The summed E-state index contributed by atoms with van der Waals surface area (Å²) in [6.45, 7) is 14.3. The van der Waals surface area contributed by atoms with Gasteiger partial charge < -0.3 is 34.5 Å². The van der Waals surface area contributed by atoms with Crippen molar-refractivity contribution in [2.45, 2.75) is 107 Å². The van der Waals surface area contributed by atoms with Crippen molar-refractivity contribution in [1.82, 2.24) is 20.3 Å². The molecule has 16 heteroatoms. The highest BCUT2D eigenvalue weighted by atomic mass is 32.2. The van der Waals surface area contributed by atoms with Gasteiger partial charge in [0.2, 0.25) is 28.6 Å². The van der Waals surface area contributed by atoms with Crippen LogP contribution >= 0.6 is 11.8 Å². The van der Waals surface area contributed by atoms with Crippen molar-refractivity contribution in [2.75, 3.05) is 19.6 Å². The maximum absolute atomic E-state index is 14.5. The maximum Gasteiger partial charge on any atom is 0.408 e. The second kappa shape index (κ2) is 13.9. The molecule has 53 heavy (non-hydrogen) atoms. The summed E-state index contributed by atoms with van der Waals surface area (Å²) in [6.07, 6.45) is 3.03. The molecule has 0 radical (unpaired) electrons. The quantitative estimate of drug-likeness (QED) is 0.220. The van der Waals surface area contributed by atoms with Crippen LogP contribution < -0.4 is 29.6 Å². The zero-order valence-corrected chi connectivity index (χ0v) is 32.7. The number of sulfonamides is 1. The van der Waals surface area contributed by atoms with Crippen molar-refractivity contribution in [3.8, 4) is 17.2 Å². The van der Waals surface area contributed by atoms with Gasteiger partial charge in [-0.1, -0.05) is 39.0 Å². The minimum atomic E-state index is -3.90. The van der Waals surface area contributed by atoms with E-state index in [0.717, 1.165) is 15.7 Å². The number of benzene rings is 2. The highest BCUT2D eigenvalue weighted by Gasteiger charge is 2.62. The summed E-state index contributed by atoms with van der Waals surface area (Å²) in [5.74, 6) is -0.817. The van der Waals surface area contributed by atoms with E-state index >= 15 is 0 Å². The van der Waals surface area contributed by atoms with Crippen LogP contribution in [0.5, 0.6) is 17.2 Å². The fraction of sp³-hybridized carbons (Fsp3) is 0.568. The molecule has 1 saturated heterocycles. The summed E-state index contributed by atoms with van der Waals surface area (Å²) in [6, 6.07) is 5.21. The third-order valence-corrected chi connectivity index (χ3v) is 12.4. The van der Waals surface area contributed by atoms with Crippen LogP contribution in [0.2, 0.25) is 0 Å². The molecule has 0 bridgehead atoms. The third kappa shape index (κ3) is 7.89. The van der Waals surface area contributed by atoms with Gasteiger partial charge >= 0.3 is 6.09 Å². The SMILES string of the molecule is C=CC1C[C@]1(NC(=O)[C@@H]1C[C@@H](Oc2cccc3c4c(c(SC)cc23)OCO4)CN1C(=O)[C@@H](NC(=O)OC(C)(C)C)C(C)(C)C)C(=O)NS(=O)(=O)C1CC1. The zero-order chi connectivity index (χ0) is 38.7. The van der Waals surface area contributed by atoms with E-state index in [1.807, 2.05) is 24.5 Å². The van der Waals surface area contributed by atoms with Gasteiger partial charge in [0, 0.05) is 23.1 Å². The fourth-order valence-corrected chi connectivity index (χ4v) is 8.75. The maximum atomic E-state index is 14.5. The summed E-state index contributed by atoms with van der Waals surface area (Å²) >= 11 is 1.50. The first-order valence-corrected chi connectivity index (χ1v) is 20.4. The van der Waals surface area contributed by atoms with Crippen LogP contribution in [0.1, 0.15) is 67.2 Å². The van der Waals surface area contributed by atoms with Crippen molar-refractivity contribution in [1.29, 1.82) is 0 Å². The number of likely N-dealkylation sites (tertiary alicyclic amines) is 1. The van der Waals surface area contributed by atoms with Gasteiger partial charge in [-0.3, -0.25) is 19.1 Å². The number of nitrogens with zero attached hydrogens (tertiary/aromatic N) is 1. The summed E-state index contributed by atoms with van der Waals surface area (Å²) in [7, 11) is -3.90. The van der Waals surface area contributed by atoms with Gasteiger partial charge in [0.1, 0.15) is 35.1 Å². The van der Waals surface area contributed by atoms with Crippen molar-refractivity contribution >= 4 is 56.4 Å². The average molecular weight is 773 g/mol. The molecule has 1 unspecified atom stereocenters. The van der Waals surface area contributed by atoms with Crippen molar-refractivity contribution in [3.05, 3.63) is 36.9 Å². The minimum Gasteiger partial charge on any atom is -0.488 e. The normalized spacial score (nSPS) is 24.3. The summed E-state index contributed by atoms with van der Waals surface area (Å²) in [4.78, 5) is 57.6. The molecule has 288 valence electrons. The van der Waals surface area contributed by atoms with Crippen molar-refractivity contribution in [2.24, 2.45) is 11.3 Å². The first kappa shape index (κ1) is 38.5. The van der Waals surface area contributed by atoms with Crippen LogP contribution in [0, 0.1) is 11.3 Å². The number of ether oxygens (including phenoxy) is 4. The predicted octanol–water partition coefficient (Wildman–Crippen LogP) is 4.25. The van der Waals surface area contributed by atoms with E-state index < -0.39 is 79.7 Å². The molecule has 5 atom stereocenters. The molecule has 0 spiro atoms. The van der Waals surface area contributed by atoms with E-state index in [1.54, 1.807) is 47.6 Å². The van der Waals surface area contributed by atoms with Gasteiger partial charge in [-0.2, -0.15) is 0 Å². The Bertz CT molecular complexity index is 1950. The van der Waals surface area contributed by atoms with E-state index in [-0.39, 0.29) is 26.2 Å². The Morgan fingerprint density at radius 3 is 2.38 bits per heavy atom. The largest absolute Gasteiger partial charge is 0.488 e. The molecule has 4 aliphatic rings. The molecule has 2 aromatic rings. The molecule has 2 saturated carbocycles. The molecule has 2 aromatic carbocycles. The number of alkyl carbamates (subject to hydrolysis) is 1. The number of fused-ring (bicyclic) bond motifs is 3. The molecule has 0 aromatic heterocycles. The monoisotopic (exact) mass is 772 g/mol. The van der Waals surface area contributed by atoms with E-state index in [9.17, 15) is 27.6 Å². The molecule has 4 amide bonds. The van der Waals surface area contributed by atoms with Crippen LogP contribution in [-0.2, 0) is 29.1 Å². The number of amides is 4. The van der Waals surface area contributed by atoms with Gasteiger partial charge in [0.25, 0.3) is 5.91 Å². The zero-order valence-electron chi connectivity index (χ0n) is 31.1. The van der Waals surface area contributed by atoms with E-state index in [1.165, 1.54) is 22.7 Å². The number of carbonyl (C=O) groups excluding carboxylic acids is 4. The summed E-state index contributed by atoms with van der Waals surface area (Å²) in [5, 5.41) is 6.41. The van der Waals surface area contributed by atoms with Gasteiger partial charge in [0.05, 0.1) is 16.7 Å². The smallest absolute Gasteiger partial charge is 0.408 e. The molecule has 14 nitrogen and oxygen atoms in total. The first-order valence-electron chi connectivity index (χ1n) is 17.6. The van der Waals surface area contributed by atoms with Gasteiger partial charge in [0.15, 0.2) is 11.5 Å². The number of rotatable bonds is 11. The number of hydrogen-bond donors (Lipinski definition) is 3. The van der Waals surface area contributed by atoms with Crippen molar-refractivity contribution in [3.63, 3.8) is 0 Å². The van der Waals surface area contributed by atoms with Gasteiger partial charge in [-0.05, 0) is 63.8 Å². The van der Waals surface area contributed by atoms with Crippen LogP contribution in [0.15, 0.2) is 41.8 Å². The highest BCUT2D eigenvalue weighted by Crippen LogP contribution is 2.48. The lowest BCUT2D eigenvalue weighted by molar-refractivity contribution is -0.143. The number of thioether (sulfide) groups is 1. The summed E-state index contributed by atoms with van der Waals surface area (Å²) < 4.78 is 51.2. The predicted molar refractivity (Wildman–Crippen MR) is 198 cm³/mol. The highest BCUT2D eigenvalue weighted by molar-refractivity contribution is 7.98. The molecule has 6 rings (SSSR count). The standard InChI is InChI=1S/C37H48N4O10S2/c1-9-20-17-37(20,33(44)40-53(46,47)22-13-14-22)39-31(42)25-15-21(18-41(25)32(43)30(35(2,3)4)38-34(45)51-36(5,6)7)50-26-12-10-11-23-24(26)16-27(52-8)29-28(23)48-19-49-29/h9-12,16,20-22,25,30H,1,13-15,17-19H2,2-8H3,(H,38,45)(H,39,42)(H,40,44)/t20?,21-,25+,30-,37-/m1/s1. The third-order valence-electron chi connectivity index (χ3n) is 9.81. The Hall–Kier alpha value is -4.18. The van der Waals surface area contributed by atoms with Crippen LogP contribution in [-0.4, -0.2) is 91.3 Å². The minimum absolute atomic E-state index is 0.0318. The number of carbonyl (C=O) groups is 4. The van der Waals surface area contributed by atoms with Crippen LogP contribution in [0.4, 0.5) is 4.79 Å². The molecule has 2 aliphatic heterocycles. The van der Waals surface area contributed by atoms with Crippen LogP contribution in [0.3, 0.4) is 0 Å². The molecular weight excluding hydrogens is 725 g/mol.